The Labute approximate surface area is 279 Å². The molecule has 0 aliphatic carbocycles. The van der Waals surface area contributed by atoms with Gasteiger partial charge in [-0.25, -0.2) is 0 Å². The van der Waals surface area contributed by atoms with E-state index in [1.165, 1.54) is 6.92 Å². The second-order valence-corrected chi connectivity index (χ2v) is 19.0. The van der Waals surface area contributed by atoms with Gasteiger partial charge in [0.1, 0.15) is 17.8 Å². The summed E-state index contributed by atoms with van der Waals surface area (Å²) < 4.78 is 31.2. The number of hydrogen-bond donors (Lipinski definition) is 0. The first kappa shape index (κ1) is 39.6. The van der Waals surface area contributed by atoms with Gasteiger partial charge in [0.25, 0.3) is 0 Å². The van der Waals surface area contributed by atoms with E-state index in [1.807, 2.05) is 77.1 Å². The van der Waals surface area contributed by atoms with E-state index in [0.717, 1.165) is 11.3 Å². The van der Waals surface area contributed by atoms with Gasteiger partial charge in [0, 0.05) is 37.3 Å². The number of nitrogens with zero attached hydrogens (tertiary/aromatic N) is 1. The maximum atomic E-state index is 13.6. The third-order valence-corrected chi connectivity index (χ3v) is 13.6. The average Bonchev–Trinajstić information content (AvgIpc) is 2.95. The highest BCUT2D eigenvalue weighted by Gasteiger charge is 2.43. The van der Waals surface area contributed by atoms with Crippen LogP contribution in [0.3, 0.4) is 0 Å². The van der Waals surface area contributed by atoms with Crippen molar-refractivity contribution in [3.63, 3.8) is 0 Å². The van der Waals surface area contributed by atoms with E-state index in [0.29, 0.717) is 19.4 Å². The molecular weight excluding hydrogens is 598 g/mol. The number of pyridine rings is 1. The zero-order valence-corrected chi connectivity index (χ0v) is 31.3. The first-order valence-electron chi connectivity index (χ1n) is 16.7. The van der Waals surface area contributed by atoms with Crippen LogP contribution in [-0.2, 0) is 33.0 Å². The number of allylic oxidation sites excluding steroid dienone is 3. The Morgan fingerprint density at radius 1 is 1.20 bits per heavy atom. The zero-order valence-electron chi connectivity index (χ0n) is 30.3. The van der Waals surface area contributed by atoms with E-state index < -0.39 is 44.5 Å². The van der Waals surface area contributed by atoms with Crippen LogP contribution in [0.25, 0.3) is 0 Å². The number of rotatable bonds is 11. The number of cyclic esters (lactones) is 1. The Kier molecular flexibility index (Phi) is 15.1. The fraction of sp³-hybridized carbons (Fsp3) is 0.649. The van der Waals surface area contributed by atoms with E-state index in [4.69, 9.17) is 23.4 Å². The molecule has 0 fully saturated rings. The highest BCUT2D eigenvalue weighted by atomic mass is 28.4. The number of ether oxygens (including phenoxy) is 4. The van der Waals surface area contributed by atoms with Crippen LogP contribution in [0.15, 0.2) is 60.3 Å². The van der Waals surface area contributed by atoms with Crippen LogP contribution < -0.4 is 0 Å². The molecule has 2 heterocycles. The molecule has 0 amide bonds. The van der Waals surface area contributed by atoms with Crippen LogP contribution in [0.1, 0.15) is 100 Å². The SMILES string of the molecule is CCOC(C)OC1(C)CCC(O[Si](C)(C)C(C)(C)C)CC(=O)OC(C(C)=CC=CC(C)c2ccccn2)C(C)C=CC1OC(C)=O. The average molecular weight is 658 g/mol. The van der Waals surface area contributed by atoms with Crippen molar-refractivity contribution >= 4 is 20.3 Å². The van der Waals surface area contributed by atoms with Crippen molar-refractivity contribution in [1.29, 1.82) is 0 Å². The molecule has 0 N–H and O–H groups in total. The number of esters is 2. The minimum Gasteiger partial charge on any atom is -0.457 e. The number of carbonyl (C=O) groups is 2. The topological polar surface area (TPSA) is 93.2 Å². The minimum atomic E-state index is -2.25. The summed E-state index contributed by atoms with van der Waals surface area (Å²) in [5.74, 6) is -0.827. The molecule has 1 aliphatic heterocycles. The third kappa shape index (κ3) is 12.2. The molecule has 0 aromatic carbocycles. The molecule has 2 rings (SSSR count). The van der Waals surface area contributed by atoms with E-state index in [-0.39, 0.29) is 29.3 Å². The van der Waals surface area contributed by atoms with Gasteiger partial charge in [0.05, 0.1) is 12.5 Å². The predicted molar refractivity (Wildman–Crippen MR) is 186 cm³/mol. The summed E-state index contributed by atoms with van der Waals surface area (Å²) in [5.41, 5.74) is 0.924. The van der Waals surface area contributed by atoms with Crippen molar-refractivity contribution in [3.05, 3.63) is 66.0 Å². The molecule has 1 aliphatic rings. The third-order valence-electron chi connectivity index (χ3n) is 9.04. The minimum absolute atomic E-state index is 0.0536. The smallest absolute Gasteiger partial charge is 0.308 e. The van der Waals surface area contributed by atoms with Crippen molar-refractivity contribution in [2.75, 3.05) is 6.61 Å². The zero-order chi connectivity index (χ0) is 34.7. The van der Waals surface area contributed by atoms with Gasteiger partial charge in [-0.1, -0.05) is 65.0 Å². The molecule has 1 aromatic heterocycles. The number of carbonyl (C=O) groups excluding carboxylic acids is 2. The molecule has 0 saturated heterocycles. The van der Waals surface area contributed by atoms with Gasteiger partial charge in [0.15, 0.2) is 14.6 Å². The Morgan fingerprint density at radius 3 is 2.48 bits per heavy atom. The summed E-state index contributed by atoms with van der Waals surface area (Å²) in [6, 6.07) is 5.88. The molecule has 0 bridgehead atoms. The quantitative estimate of drug-likeness (QED) is 0.0770. The normalized spacial score (nSPS) is 27.0. The standard InChI is InChI=1S/C37H59NO7Si/c1-13-41-30(6)44-37(10)23-22-31(45-46(11,12)36(7,8)9)25-34(40)43-35(28(4)20-21-33(37)42-29(5)39)27(3)18-16-17-26(2)32-19-14-15-24-38-32/h14-21,24,26,28,30-31,33,35H,13,22-23,25H2,1-12H3. The predicted octanol–water partition coefficient (Wildman–Crippen LogP) is 8.46. The summed E-state index contributed by atoms with van der Waals surface area (Å²) in [4.78, 5) is 30.4. The van der Waals surface area contributed by atoms with Crippen molar-refractivity contribution in [2.24, 2.45) is 5.92 Å². The van der Waals surface area contributed by atoms with Gasteiger partial charge in [-0.15, -0.1) is 0 Å². The first-order chi connectivity index (χ1) is 21.4. The fourth-order valence-electron chi connectivity index (χ4n) is 5.29. The molecule has 46 heavy (non-hydrogen) atoms. The maximum absolute atomic E-state index is 13.6. The summed E-state index contributed by atoms with van der Waals surface area (Å²) in [5, 5.41) is -0.0536. The first-order valence-corrected chi connectivity index (χ1v) is 19.6. The summed E-state index contributed by atoms with van der Waals surface area (Å²) in [6.45, 7) is 24.5. The van der Waals surface area contributed by atoms with Gasteiger partial charge in [-0.2, -0.15) is 0 Å². The Hall–Kier alpha value is -2.59. The van der Waals surface area contributed by atoms with Crippen LogP contribution in [0, 0.1) is 5.92 Å². The molecule has 0 radical (unpaired) electrons. The lowest BCUT2D eigenvalue weighted by atomic mass is 9.88. The largest absolute Gasteiger partial charge is 0.457 e. The Balaban J connectivity index is 2.55. The van der Waals surface area contributed by atoms with Crippen LogP contribution in [0.2, 0.25) is 18.1 Å². The molecule has 9 heteroatoms. The van der Waals surface area contributed by atoms with Gasteiger partial charge < -0.3 is 23.4 Å². The van der Waals surface area contributed by atoms with Gasteiger partial charge >= 0.3 is 11.9 Å². The van der Waals surface area contributed by atoms with Gasteiger partial charge in [0.2, 0.25) is 0 Å². The fourth-order valence-corrected chi connectivity index (χ4v) is 6.67. The van der Waals surface area contributed by atoms with E-state index >= 15 is 0 Å². The Morgan fingerprint density at radius 2 is 1.89 bits per heavy atom. The van der Waals surface area contributed by atoms with E-state index in [2.05, 4.69) is 51.8 Å². The number of aromatic nitrogens is 1. The van der Waals surface area contributed by atoms with Crippen LogP contribution in [0.5, 0.6) is 0 Å². The van der Waals surface area contributed by atoms with Crippen molar-refractivity contribution in [2.45, 2.75) is 143 Å². The second-order valence-electron chi connectivity index (χ2n) is 14.2. The van der Waals surface area contributed by atoms with Crippen LogP contribution in [-0.4, -0.2) is 62.0 Å². The highest BCUT2D eigenvalue weighted by Crippen LogP contribution is 2.39. The summed E-state index contributed by atoms with van der Waals surface area (Å²) >= 11 is 0. The lowest BCUT2D eigenvalue weighted by molar-refractivity contribution is -0.227. The molecule has 7 atom stereocenters. The Bertz CT molecular complexity index is 1210. The van der Waals surface area contributed by atoms with E-state index in [9.17, 15) is 9.59 Å². The highest BCUT2D eigenvalue weighted by molar-refractivity contribution is 6.74. The monoisotopic (exact) mass is 657 g/mol. The summed E-state index contributed by atoms with van der Waals surface area (Å²) in [6.07, 6.45) is 10.5. The molecule has 1 aromatic rings. The molecule has 8 nitrogen and oxygen atoms in total. The molecule has 0 spiro atoms. The lowest BCUT2D eigenvalue weighted by Gasteiger charge is -2.42. The van der Waals surface area contributed by atoms with Crippen molar-refractivity contribution in [1.82, 2.24) is 4.98 Å². The van der Waals surface area contributed by atoms with Crippen molar-refractivity contribution < 1.29 is 33.0 Å². The molecular formula is C37H59NO7Si. The summed E-state index contributed by atoms with van der Waals surface area (Å²) in [7, 11) is -2.25. The second kappa shape index (κ2) is 17.5. The molecule has 7 unspecified atom stereocenters. The lowest BCUT2D eigenvalue weighted by Crippen LogP contribution is -2.48. The van der Waals surface area contributed by atoms with Crippen LogP contribution in [0.4, 0.5) is 0 Å². The maximum Gasteiger partial charge on any atom is 0.308 e. The van der Waals surface area contributed by atoms with Gasteiger partial charge in [-0.3, -0.25) is 14.6 Å². The number of hydrogen-bond acceptors (Lipinski definition) is 8. The van der Waals surface area contributed by atoms with Crippen molar-refractivity contribution in [3.8, 4) is 0 Å². The molecule has 0 saturated carbocycles. The van der Waals surface area contributed by atoms with Gasteiger partial charge in [-0.05, 0) is 82.5 Å². The van der Waals surface area contributed by atoms with Crippen LogP contribution >= 0.6 is 0 Å². The molecule has 258 valence electrons. The van der Waals surface area contributed by atoms with E-state index in [1.54, 1.807) is 6.20 Å².